The first-order chi connectivity index (χ1) is 8.60. The fourth-order valence-electron chi connectivity index (χ4n) is 1.39. The van der Waals surface area contributed by atoms with Gasteiger partial charge < -0.3 is 0 Å². The summed E-state index contributed by atoms with van der Waals surface area (Å²) in [5.74, 6) is -1.52. The van der Waals surface area contributed by atoms with Crippen molar-refractivity contribution < 1.29 is 13.6 Å². The molecule has 5 heteroatoms. The van der Waals surface area contributed by atoms with E-state index in [0.29, 0.717) is 16.2 Å². The van der Waals surface area contributed by atoms with Crippen molar-refractivity contribution in [2.75, 3.05) is 0 Å². The van der Waals surface area contributed by atoms with Gasteiger partial charge in [0.15, 0.2) is 0 Å². The SMILES string of the molecule is O=Cc1cc(F)c(Sc2cccc(Cl)c2)c(F)c1. The Bertz CT molecular complexity index is 578. The van der Waals surface area contributed by atoms with E-state index in [1.54, 1.807) is 24.3 Å². The minimum atomic E-state index is -0.762. The molecule has 0 aliphatic heterocycles. The van der Waals surface area contributed by atoms with Gasteiger partial charge in [-0.2, -0.15) is 0 Å². The molecule has 0 saturated carbocycles. The van der Waals surface area contributed by atoms with E-state index in [4.69, 9.17) is 11.6 Å². The smallest absolute Gasteiger partial charge is 0.150 e. The molecule has 1 nitrogen and oxygen atoms in total. The highest BCUT2D eigenvalue weighted by molar-refractivity contribution is 7.99. The van der Waals surface area contributed by atoms with Crippen molar-refractivity contribution >= 4 is 29.6 Å². The average Bonchev–Trinajstić information content (AvgIpc) is 2.33. The summed E-state index contributed by atoms with van der Waals surface area (Å²) in [5, 5.41) is 0.491. The first-order valence-electron chi connectivity index (χ1n) is 4.98. The molecule has 0 heterocycles. The molecule has 0 aliphatic rings. The fourth-order valence-corrected chi connectivity index (χ4v) is 2.53. The van der Waals surface area contributed by atoms with Gasteiger partial charge in [0, 0.05) is 15.5 Å². The van der Waals surface area contributed by atoms with Crippen molar-refractivity contribution in [3.05, 3.63) is 58.6 Å². The Morgan fingerprint density at radius 3 is 2.33 bits per heavy atom. The molecular weight excluding hydrogens is 278 g/mol. The van der Waals surface area contributed by atoms with Crippen molar-refractivity contribution in [3.8, 4) is 0 Å². The van der Waals surface area contributed by atoms with Gasteiger partial charge in [-0.1, -0.05) is 29.4 Å². The highest BCUT2D eigenvalue weighted by Crippen LogP contribution is 2.33. The van der Waals surface area contributed by atoms with Gasteiger partial charge in [-0.25, -0.2) is 8.78 Å². The van der Waals surface area contributed by atoms with Crippen LogP contribution >= 0.6 is 23.4 Å². The van der Waals surface area contributed by atoms with Crippen LogP contribution in [0.5, 0.6) is 0 Å². The zero-order chi connectivity index (χ0) is 13.1. The molecule has 0 saturated heterocycles. The van der Waals surface area contributed by atoms with Gasteiger partial charge in [0.05, 0.1) is 4.90 Å². The van der Waals surface area contributed by atoms with Crippen LogP contribution in [0.25, 0.3) is 0 Å². The van der Waals surface area contributed by atoms with Crippen molar-refractivity contribution in [1.82, 2.24) is 0 Å². The molecule has 0 spiro atoms. The summed E-state index contributed by atoms with van der Waals surface area (Å²) in [7, 11) is 0. The molecule has 2 aromatic carbocycles. The second-order valence-electron chi connectivity index (χ2n) is 3.49. The van der Waals surface area contributed by atoms with E-state index in [1.165, 1.54) is 0 Å². The number of aldehydes is 1. The number of hydrogen-bond donors (Lipinski definition) is 0. The number of rotatable bonds is 3. The molecule has 0 radical (unpaired) electrons. The van der Waals surface area contributed by atoms with Gasteiger partial charge in [-0.3, -0.25) is 4.79 Å². The highest BCUT2D eigenvalue weighted by Gasteiger charge is 2.12. The lowest BCUT2D eigenvalue weighted by Crippen LogP contribution is -1.91. The molecule has 18 heavy (non-hydrogen) atoms. The number of hydrogen-bond acceptors (Lipinski definition) is 2. The maximum Gasteiger partial charge on any atom is 0.150 e. The lowest BCUT2D eigenvalue weighted by atomic mass is 10.2. The Morgan fingerprint density at radius 2 is 1.78 bits per heavy atom. The second kappa shape index (κ2) is 5.50. The largest absolute Gasteiger partial charge is 0.298 e. The Hall–Kier alpha value is -1.39. The maximum atomic E-state index is 13.6. The molecule has 0 amide bonds. The van der Waals surface area contributed by atoms with E-state index < -0.39 is 11.6 Å². The molecule has 0 unspecified atom stereocenters. The Morgan fingerprint density at radius 1 is 1.11 bits per heavy atom. The zero-order valence-electron chi connectivity index (χ0n) is 8.99. The maximum absolute atomic E-state index is 13.6. The van der Waals surface area contributed by atoms with E-state index in [1.807, 2.05) is 0 Å². The van der Waals surface area contributed by atoms with Crippen molar-refractivity contribution in [1.29, 1.82) is 0 Å². The molecule has 0 aliphatic carbocycles. The van der Waals surface area contributed by atoms with Crippen LogP contribution < -0.4 is 0 Å². The summed E-state index contributed by atoms with van der Waals surface area (Å²) in [6.45, 7) is 0. The fraction of sp³-hybridized carbons (Fsp3) is 0. The van der Waals surface area contributed by atoms with Crippen LogP contribution in [0.2, 0.25) is 5.02 Å². The molecule has 0 fully saturated rings. The third-order valence-corrected chi connectivity index (χ3v) is 3.49. The van der Waals surface area contributed by atoms with Crippen LogP contribution in [0.15, 0.2) is 46.2 Å². The van der Waals surface area contributed by atoms with Crippen molar-refractivity contribution in [3.63, 3.8) is 0 Å². The van der Waals surface area contributed by atoms with Crippen molar-refractivity contribution in [2.45, 2.75) is 9.79 Å². The third-order valence-electron chi connectivity index (χ3n) is 2.17. The second-order valence-corrected chi connectivity index (χ2v) is 5.01. The quantitative estimate of drug-likeness (QED) is 0.767. The normalized spacial score (nSPS) is 10.4. The van der Waals surface area contributed by atoms with Crippen LogP contribution in [0.1, 0.15) is 10.4 Å². The minimum Gasteiger partial charge on any atom is -0.298 e. The number of carbonyl (C=O) groups is 1. The number of carbonyl (C=O) groups excluding carboxylic acids is 1. The molecule has 0 bridgehead atoms. The van der Waals surface area contributed by atoms with Gasteiger partial charge in [0.1, 0.15) is 17.9 Å². The number of halogens is 3. The summed E-state index contributed by atoms with van der Waals surface area (Å²) in [6.07, 6.45) is 0.403. The molecular formula is C13H7ClF2OS. The standard InChI is InChI=1S/C13H7ClF2OS/c14-9-2-1-3-10(6-9)18-13-11(15)4-8(7-17)5-12(13)16/h1-7H. The van der Waals surface area contributed by atoms with Gasteiger partial charge in [-0.05, 0) is 30.3 Å². The predicted octanol–water partition coefficient (Wildman–Crippen LogP) is 4.58. The number of benzene rings is 2. The first-order valence-corrected chi connectivity index (χ1v) is 6.17. The van der Waals surface area contributed by atoms with Crippen LogP contribution in [0.3, 0.4) is 0 Å². The summed E-state index contributed by atoms with van der Waals surface area (Å²) in [5.41, 5.74) is -0.0274. The summed E-state index contributed by atoms with van der Waals surface area (Å²) >= 11 is 6.71. The van der Waals surface area contributed by atoms with E-state index in [9.17, 15) is 13.6 Å². The highest BCUT2D eigenvalue weighted by atomic mass is 35.5. The van der Waals surface area contributed by atoms with Gasteiger partial charge in [0.25, 0.3) is 0 Å². The minimum absolute atomic E-state index is 0.0274. The van der Waals surface area contributed by atoms with Gasteiger partial charge in [0.2, 0.25) is 0 Å². The van der Waals surface area contributed by atoms with Crippen LogP contribution in [-0.2, 0) is 0 Å². The van der Waals surface area contributed by atoms with Crippen LogP contribution in [-0.4, -0.2) is 6.29 Å². The average molecular weight is 285 g/mol. The topological polar surface area (TPSA) is 17.1 Å². The summed E-state index contributed by atoms with van der Waals surface area (Å²) in [4.78, 5) is 10.9. The molecule has 2 aromatic rings. The molecule has 2 rings (SSSR count). The van der Waals surface area contributed by atoms with E-state index in [2.05, 4.69) is 0 Å². The molecule has 0 N–H and O–H groups in total. The summed E-state index contributed by atoms with van der Waals surface area (Å²) in [6, 6.07) is 8.68. The zero-order valence-corrected chi connectivity index (χ0v) is 10.6. The molecule has 0 aromatic heterocycles. The Labute approximate surface area is 112 Å². The first kappa shape index (κ1) is 13.1. The monoisotopic (exact) mass is 284 g/mol. The molecule has 0 atom stereocenters. The van der Waals surface area contributed by atoms with Crippen molar-refractivity contribution in [2.24, 2.45) is 0 Å². The van der Waals surface area contributed by atoms with Crippen LogP contribution in [0, 0.1) is 11.6 Å². The van der Waals surface area contributed by atoms with E-state index in [-0.39, 0.29) is 10.5 Å². The van der Waals surface area contributed by atoms with E-state index in [0.717, 1.165) is 23.9 Å². The third kappa shape index (κ3) is 2.89. The Kier molecular flexibility index (Phi) is 3.99. The lowest BCUT2D eigenvalue weighted by molar-refractivity contribution is 0.112. The summed E-state index contributed by atoms with van der Waals surface area (Å²) < 4.78 is 27.3. The lowest BCUT2D eigenvalue weighted by Gasteiger charge is -2.06. The predicted molar refractivity (Wildman–Crippen MR) is 67.3 cm³/mol. The Balaban J connectivity index is 2.37. The van der Waals surface area contributed by atoms with E-state index >= 15 is 0 Å². The van der Waals surface area contributed by atoms with Gasteiger partial charge >= 0.3 is 0 Å². The van der Waals surface area contributed by atoms with Gasteiger partial charge in [-0.15, -0.1) is 0 Å². The molecule has 92 valence electrons. The van der Waals surface area contributed by atoms with Crippen LogP contribution in [0.4, 0.5) is 8.78 Å².